The molecule has 0 aromatic rings. The van der Waals surface area contributed by atoms with Crippen LogP contribution in [0.15, 0.2) is 12.7 Å². The first kappa shape index (κ1) is 13.0. The van der Waals surface area contributed by atoms with Crippen LogP contribution in [-0.4, -0.2) is 23.1 Å². The molecule has 0 radical (unpaired) electrons. The Morgan fingerprint density at radius 1 is 1.50 bits per heavy atom. The largest absolute Gasteiger partial charge is 0.509 e. The summed E-state index contributed by atoms with van der Waals surface area (Å²) in [6.45, 7) is 8.00. The normalized spacial score (nSPS) is 14.4. The summed E-state index contributed by atoms with van der Waals surface area (Å²) in [5, 5.41) is -0.826. The fourth-order valence-corrected chi connectivity index (χ4v) is 0.667. The van der Waals surface area contributed by atoms with E-state index in [1.807, 2.05) is 0 Å². The molecule has 4 nitrogen and oxygen atoms in total. The summed E-state index contributed by atoms with van der Waals surface area (Å²) in [6, 6.07) is 0. The molecule has 0 bridgehead atoms. The van der Waals surface area contributed by atoms with Crippen molar-refractivity contribution in [3.05, 3.63) is 12.7 Å². The summed E-state index contributed by atoms with van der Waals surface area (Å²) in [5.41, 5.74) is -1.53. The molecular weight excluding hydrogens is 208 g/mol. The molecule has 0 aromatic heterocycles. The number of hydrogen-bond donors (Lipinski definition) is 0. The van der Waals surface area contributed by atoms with Crippen molar-refractivity contribution in [3.8, 4) is 0 Å². The molecule has 0 aromatic carbocycles. The molecule has 0 fully saturated rings. The quantitative estimate of drug-likeness (QED) is 0.414. The third kappa shape index (κ3) is 3.79. The molecule has 0 heterocycles. The van der Waals surface area contributed by atoms with Crippen molar-refractivity contribution in [1.82, 2.24) is 0 Å². The predicted molar refractivity (Wildman–Crippen MR) is 52.2 cm³/mol. The minimum atomic E-state index is -1.53. The van der Waals surface area contributed by atoms with E-state index < -0.39 is 17.0 Å². The van der Waals surface area contributed by atoms with Gasteiger partial charge in [-0.3, -0.25) is 4.79 Å². The first-order valence-corrected chi connectivity index (χ1v) is 4.42. The van der Waals surface area contributed by atoms with Crippen LogP contribution in [0.1, 0.15) is 20.8 Å². The van der Waals surface area contributed by atoms with Crippen LogP contribution in [0.5, 0.6) is 0 Å². The highest BCUT2D eigenvalue weighted by atomic mass is 35.5. The van der Waals surface area contributed by atoms with Gasteiger partial charge in [0.1, 0.15) is 0 Å². The van der Waals surface area contributed by atoms with E-state index in [1.165, 1.54) is 6.92 Å². The number of rotatable bonds is 4. The fourth-order valence-electron chi connectivity index (χ4n) is 0.552. The van der Waals surface area contributed by atoms with E-state index >= 15 is 0 Å². The van der Waals surface area contributed by atoms with Crippen LogP contribution in [0.4, 0.5) is 4.79 Å². The van der Waals surface area contributed by atoms with Crippen LogP contribution < -0.4 is 0 Å². The summed E-state index contributed by atoms with van der Waals surface area (Å²) in [7, 11) is 0. The lowest BCUT2D eigenvalue weighted by Crippen LogP contribution is -2.36. The van der Waals surface area contributed by atoms with Gasteiger partial charge in [0.25, 0.3) is 5.24 Å². The molecule has 1 atom stereocenters. The highest BCUT2D eigenvalue weighted by Gasteiger charge is 2.33. The Hall–Kier alpha value is -1.03. The van der Waals surface area contributed by atoms with Gasteiger partial charge in [0.15, 0.2) is 0 Å². The van der Waals surface area contributed by atoms with E-state index in [-0.39, 0.29) is 6.10 Å². The zero-order valence-corrected chi connectivity index (χ0v) is 9.13. The molecule has 0 N–H and O–H groups in total. The van der Waals surface area contributed by atoms with E-state index in [4.69, 9.17) is 16.3 Å². The maximum absolute atomic E-state index is 11.0. The first-order chi connectivity index (χ1) is 6.31. The Labute approximate surface area is 87.8 Å². The van der Waals surface area contributed by atoms with E-state index in [0.717, 1.165) is 6.08 Å². The molecule has 80 valence electrons. The van der Waals surface area contributed by atoms with Crippen molar-refractivity contribution >= 4 is 23.0 Å². The molecule has 0 spiro atoms. The molecule has 0 aliphatic rings. The zero-order valence-electron chi connectivity index (χ0n) is 8.37. The van der Waals surface area contributed by atoms with E-state index in [1.54, 1.807) is 13.8 Å². The predicted octanol–water partition coefficient (Wildman–Crippen LogP) is 2.26. The number of ether oxygens (including phenoxy) is 2. The number of hydrogen-bond acceptors (Lipinski definition) is 4. The SMILES string of the molecule is C=CC(C)(OC(=O)OC(C)C)C(=O)Cl. The monoisotopic (exact) mass is 220 g/mol. The van der Waals surface area contributed by atoms with E-state index in [2.05, 4.69) is 11.3 Å². The minimum Gasteiger partial charge on any atom is -0.432 e. The van der Waals surface area contributed by atoms with Crippen molar-refractivity contribution in [2.24, 2.45) is 0 Å². The fraction of sp³-hybridized carbons (Fsp3) is 0.556. The lowest BCUT2D eigenvalue weighted by Gasteiger charge is -2.21. The van der Waals surface area contributed by atoms with Gasteiger partial charge in [0, 0.05) is 0 Å². The van der Waals surface area contributed by atoms with Crippen molar-refractivity contribution in [1.29, 1.82) is 0 Å². The van der Waals surface area contributed by atoms with Gasteiger partial charge >= 0.3 is 6.16 Å². The maximum Gasteiger partial charge on any atom is 0.509 e. The zero-order chi connectivity index (χ0) is 11.4. The lowest BCUT2D eigenvalue weighted by atomic mass is 10.1. The summed E-state index contributed by atoms with van der Waals surface area (Å²) in [6.07, 6.45) is -0.123. The van der Waals surface area contributed by atoms with E-state index in [0.29, 0.717) is 0 Å². The van der Waals surface area contributed by atoms with Gasteiger partial charge in [0.05, 0.1) is 6.10 Å². The number of carbonyl (C=O) groups is 2. The van der Waals surface area contributed by atoms with Gasteiger partial charge < -0.3 is 9.47 Å². The standard InChI is InChI=1S/C9H13ClO4/c1-5-9(4,7(10)11)14-8(12)13-6(2)3/h5-6H,1H2,2-4H3. The Morgan fingerprint density at radius 2 is 2.00 bits per heavy atom. The van der Waals surface area contributed by atoms with Gasteiger partial charge in [-0.2, -0.15) is 0 Å². The van der Waals surface area contributed by atoms with Crippen molar-refractivity contribution in [2.45, 2.75) is 32.5 Å². The van der Waals surface area contributed by atoms with Crippen LogP contribution in [-0.2, 0) is 14.3 Å². The molecule has 0 aliphatic carbocycles. The van der Waals surface area contributed by atoms with Crippen LogP contribution in [0.25, 0.3) is 0 Å². The van der Waals surface area contributed by atoms with Gasteiger partial charge in [-0.25, -0.2) is 4.79 Å². The first-order valence-electron chi connectivity index (χ1n) is 4.05. The highest BCUT2D eigenvalue weighted by Crippen LogP contribution is 2.16. The van der Waals surface area contributed by atoms with Crippen LogP contribution in [0.2, 0.25) is 0 Å². The molecule has 0 saturated carbocycles. The highest BCUT2D eigenvalue weighted by molar-refractivity contribution is 6.65. The summed E-state index contributed by atoms with van der Waals surface area (Å²) >= 11 is 5.22. The average molecular weight is 221 g/mol. The van der Waals surface area contributed by atoms with Gasteiger partial charge in [0.2, 0.25) is 5.60 Å². The Balaban J connectivity index is 4.40. The van der Waals surface area contributed by atoms with Gasteiger partial charge in [-0.1, -0.05) is 6.58 Å². The third-order valence-corrected chi connectivity index (χ3v) is 1.78. The second-order valence-electron chi connectivity index (χ2n) is 3.10. The number of carbonyl (C=O) groups excluding carboxylic acids is 2. The van der Waals surface area contributed by atoms with Gasteiger partial charge in [-0.15, -0.1) is 0 Å². The van der Waals surface area contributed by atoms with Crippen LogP contribution in [0, 0.1) is 0 Å². The smallest absolute Gasteiger partial charge is 0.432 e. The van der Waals surface area contributed by atoms with Gasteiger partial charge in [-0.05, 0) is 38.4 Å². The van der Waals surface area contributed by atoms with Crippen molar-refractivity contribution in [3.63, 3.8) is 0 Å². The summed E-state index contributed by atoms with van der Waals surface area (Å²) < 4.78 is 9.38. The lowest BCUT2D eigenvalue weighted by molar-refractivity contribution is -0.126. The van der Waals surface area contributed by atoms with Crippen LogP contribution in [0.3, 0.4) is 0 Å². The average Bonchev–Trinajstić information content (AvgIpc) is 2.01. The van der Waals surface area contributed by atoms with Crippen molar-refractivity contribution < 1.29 is 19.1 Å². The molecule has 1 unspecified atom stereocenters. The minimum absolute atomic E-state index is 0.318. The third-order valence-electron chi connectivity index (χ3n) is 1.41. The topological polar surface area (TPSA) is 52.6 Å². The Bertz CT molecular complexity index is 249. The second kappa shape index (κ2) is 5.00. The second-order valence-corrected chi connectivity index (χ2v) is 3.45. The molecule has 14 heavy (non-hydrogen) atoms. The maximum atomic E-state index is 11.0. The molecule has 0 saturated heterocycles. The molecule has 0 amide bonds. The number of halogens is 1. The molecule has 5 heteroatoms. The molecule has 0 rings (SSSR count). The van der Waals surface area contributed by atoms with Crippen LogP contribution >= 0.6 is 11.6 Å². The molecular formula is C9H13ClO4. The Morgan fingerprint density at radius 3 is 2.29 bits per heavy atom. The Kier molecular flexibility index (Phi) is 4.63. The van der Waals surface area contributed by atoms with E-state index in [9.17, 15) is 9.59 Å². The summed E-state index contributed by atoms with van der Waals surface area (Å²) in [5.74, 6) is 0. The molecule has 0 aliphatic heterocycles. The van der Waals surface area contributed by atoms with Crippen molar-refractivity contribution in [2.75, 3.05) is 0 Å². The summed E-state index contributed by atoms with van der Waals surface area (Å²) in [4.78, 5) is 21.9.